The van der Waals surface area contributed by atoms with E-state index in [9.17, 15) is 4.39 Å². The number of halogens is 3. The first-order valence-electron chi connectivity index (χ1n) is 6.45. The molecular weight excluding hydrogens is 343 g/mol. The van der Waals surface area contributed by atoms with Gasteiger partial charge in [-0.25, -0.2) is 9.37 Å². The summed E-state index contributed by atoms with van der Waals surface area (Å²) in [7, 11) is 0. The van der Waals surface area contributed by atoms with Crippen molar-refractivity contribution < 1.29 is 4.39 Å². The second-order valence-corrected chi connectivity index (χ2v) is 6.27. The fourth-order valence-corrected chi connectivity index (χ4v) is 2.96. The monoisotopic (exact) mass is 354 g/mol. The summed E-state index contributed by atoms with van der Waals surface area (Å²) in [5.41, 5.74) is 2.03. The van der Waals surface area contributed by atoms with Gasteiger partial charge in [0.1, 0.15) is 11.0 Å². The van der Waals surface area contributed by atoms with Crippen molar-refractivity contribution in [3.05, 3.63) is 57.5 Å². The molecule has 0 spiro atoms. The maximum Gasteiger partial charge on any atom is 0.143 e. The van der Waals surface area contributed by atoms with Crippen molar-refractivity contribution in [1.82, 2.24) is 4.98 Å². The number of rotatable bonds is 3. The summed E-state index contributed by atoms with van der Waals surface area (Å²) in [4.78, 5) is 4.09. The molecule has 0 amide bonds. The highest BCUT2D eigenvalue weighted by Crippen LogP contribution is 2.39. The Bertz CT molecular complexity index is 629. The maximum atomic E-state index is 13.2. The highest BCUT2D eigenvalue weighted by atomic mass is 79.9. The first kappa shape index (κ1) is 13.8. The van der Waals surface area contributed by atoms with Crippen LogP contribution in [0.3, 0.4) is 0 Å². The van der Waals surface area contributed by atoms with E-state index >= 15 is 0 Å². The average molecular weight is 356 g/mol. The number of aromatic nitrogens is 1. The molecule has 0 unspecified atom stereocenters. The first-order chi connectivity index (χ1) is 9.61. The van der Waals surface area contributed by atoms with Gasteiger partial charge in [0.2, 0.25) is 0 Å². The quantitative estimate of drug-likeness (QED) is 0.784. The zero-order chi connectivity index (χ0) is 14.1. The predicted molar refractivity (Wildman–Crippen MR) is 82.7 cm³/mol. The summed E-state index contributed by atoms with van der Waals surface area (Å²) >= 11 is 9.22. The smallest absolute Gasteiger partial charge is 0.143 e. The van der Waals surface area contributed by atoms with E-state index < -0.39 is 0 Å². The third kappa shape index (κ3) is 2.96. The topological polar surface area (TPSA) is 24.9 Å². The lowest BCUT2D eigenvalue weighted by molar-refractivity contribution is 0.373. The zero-order valence-electron chi connectivity index (χ0n) is 10.6. The van der Waals surface area contributed by atoms with Gasteiger partial charge in [0.25, 0.3) is 0 Å². The van der Waals surface area contributed by atoms with Gasteiger partial charge in [0, 0.05) is 6.04 Å². The van der Waals surface area contributed by atoms with Gasteiger partial charge >= 0.3 is 0 Å². The lowest BCUT2D eigenvalue weighted by Gasteiger charge is -2.36. The first-order valence-corrected chi connectivity index (χ1v) is 7.62. The van der Waals surface area contributed by atoms with Crippen molar-refractivity contribution in [2.24, 2.45) is 0 Å². The van der Waals surface area contributed by atoms with Crippen LogP contribution in [0.5, 0.6) is 0 Å². The maximum absolute atomic E-state index is 13.2. The van der Waals surface area contributed by atoms with Crippen molar-refractivity contribution in [2.45, 2.75) is 24.8 Å². The van der Waals surface area contributed by atoms with E-state index in [1.54, 1.807) is 18.3 Å². The van der Waals surface area contributed by atoms with Crippen LogP contribution in [0.1, 0.15) is 24.3 Å². The van der Waals surface area contributed by atoms with Crippen LogP contribution in [0.4, 0.5) is 10.1 Å². The normalized spacial score (nSPS) is 21.4. The van der Waals surface area contributed by atoms with Crippen LogP contribution in [0.2, 0.25) is 5.15 Å². The van der Waals surface area contributed by atoms with E-state index in [0.717, 1.165) is 28.6 Å². The number of nitrogens with one attached hydrogen (secondary N) is 1. The minimum absolute atomic E-state index is 0.162. The Morgan fingerprint density at radius 3 is 2.80 bits per heavy atom. The van der Waals surface area contributed by atoms with Gasteiger partial charge in [-0.1, -0.05) is 23.7 Å². The SMILES string of the molecule is Fc1cccc(C2CC(Nc3cnc(Cl)c(Br)c3)C2)c1. The fraction of sp³-hybridized carbons (Fsp3) is 0.267. The van der Waals surface area contributed by atoms with Gasteiger partial charge in [-0.05, 0) is 58.5 Å². The van der Waals surface area contributed by atoms with Crippen LogP contribution in [0.15, 0.2) is 41.0 Å². The molecule has 2 nitrogen and oxygen atoms in total. The van der Waals surface area contributed by atoms with Crippen LogP contribution in [-0.2, 0) is 0 Å². The third-order valence-corrected chi connectivity index (χ3v) is 4.76. The van der Waals surface area contributed by atoms with E-state index in [-0.39, 0.29) is 5.82 Å². The van der Waals surface area contributed by atoms with Crippen molar-refractivity contribution in [3.8, 4) is 0 Å². The van der Waals surface area contributed by atoms with Gasteiger partial charge in [-0.15, -0.1) is 0 Å². The summed E-state index contributed by atoms with van der Waals surface area (Å²) in [6.45, 7) is 0. The van der Waals surface area contributed by atoms with Gasteiger partial charge in [0.05, 0.1) is 16.4 Å². The Morgan fingerprint density at radius 2 is 2.10 bits per heavy atom. The molecule has 1 N–H and O–H groups in total. The van der Waals surface area contributed by atoms with E-state index in [2.05, 4.69) is 26.2 Å². The van der Waals surface area contributed by atoms with Crippen molar-refractivity contribution in [3.63, 3.8) is 0 Å². The molecule has 0 atom stereocenters. The molecule has 1 aromatic heterocycles. The van der Waals surface area contributed by atoms with Gasteiger partial charge in [0.15, 0.2) is 0 Å². The lowest BCUT2D eigenvalue weighted by Crippen LogP contribution is -2.34. The molecule has 104 valence electrons. The van der Waals surface area contributed by atoms with Crippen molar-refractivity contribution >= 4 is 33.2 Å². The molecule has 1 saturated carbocycles. The molecule has 1 aromatic carbocycles. The van der Waals surface area contributed by atoms with E-state index in [0.29, 0.717) is 17.1 Å². The lowest BCUT2D eigenvalue weighted by atomic mass is 9.76. The summed E-state index contributed by atoms with van der Waals surface area (Å²) < 4.78 is 14.0. The molecule has 2 aromatic rings. The Labute approximate surface area is 130 Å². The Balaban J connectivity index is 1.59. The minimum Gasteiger partial charge on any atom is -0.381 e. The van der Waals surface area contributed by atoms with Crippen LogP contribution < -0.4 is 5.32 Å². The molecule has 0 aliphatic heterocycles. The molecule has 3 rings (SSSR count). The van der Waals surface area contributed by atoms with Crippen LogP contribution in [0, 0.1) is 5.82 Å². The van der Waals surface area contributed by atoms with Crippen LogP contribution >= 0.6 is 27.5 Å². The number of pyridine rings is 1. The summed E-state index contributed by atoms with van der Waals surface area (Å²) in [5, 5.41) is 3.88. The average Bonchev–Trinajstić information content (AvgIpc) is 2.37. The summed E-state index contributed by atoms with van der Waals surface area (Å²) in [5.74, 6) is 0.275. The molecule has 0 saturated heterocycles. The number of benzene rings is 1. The molecule has 5 heteroatoms. The van der Waals surface area contributed by atoms with Crippen LogP contribution in [0.25, 0.3) is 0 Å². The van der Waals surface area contributed by atoms with E-state index in [4.69, 9.17) is 11.6 Å². The van der Waals surface area contributed by atoms with Gasteiger partial charge < -0.3 is 5.32 Å². The number of anilines is 1. The van der Waals surface area contributed by atoms with Crippen LogP contribution in [-0.4, -0.2) is 11.0 Å². The zero-order valence-corrected chi connectivity index (χ0v) is 13.0. The molecule has 20 heavy (non-hydrogen) atoms. The van der Waals surface area contributed by atoms with E-state index in [1.165, 1.54) is 6.07 Å². The van der Waals surface area contributed by atoms with Gasteiger partial charge in [-0.2, -0.15) is 0 Å². The number of nitrogens with zero attached hydrogens (tertiary/aromatic N) is 1. The Kier molecular flexibility index (Phi) is 3.94. The second kappa shape index (κ2) is 5.70. The number of hydrogen-bond acceptors (Lipinski definition) is 2. The highest BCUT2D eigenvalue weighted by Gasteiger charge is 2.30. The summed E-state index contributed by atoms with van der Waals surface area (Å²) in [6.07, 6.45) is 3.73. The molecule has 1 heterocycles. The second-order valence-electron chi connectivity index (χ2n) is 5.06. The third-order valence-electron chi connectivity index (χ3n) is 3.63. The fourth-order valence-electron chi connectivity index (χ4n) is 2.50. The van der Waals surface area contributed by atoms with Gasteiger partial charge in [-0.3, -0.25) is 0 Å². The molecule has 1 aliphatic carbocycles. The molecule has 1 aliphatic rings. The Morgan fingerprint density at radius 1 is 1.30 bits per heavy atom. The van der Waals surface area contributed by atoms with E-state index in [1.807, 2.05) is 12.1 Å². The highest BCUT2D eigenvalue weighted by molar-refractivity contribution is 9.10. The Hall–Kier alpha value is -1.13. The summed E-state index contributed by atoms with van der Waals surface area (Å²) in [6, 6.07) is 9.19. The predicted octanol–water partition coefficient (Wildman–Crippen LogP) is 4.99. The standard InChI is InChI=1S/C15H13BrClFN2/c16-14-7-13(8-19-15(14)17)20-12-5-10(6-12)9-2-1-3-11(18)4-9/h1-4,7-8,10,12,20H,5-6H2. The van der Waals surface area contributed by atoms with Crippen molar-refractivity contribution in [2.75, 3.05) is 5.32 Å². The molecule has 1 fully saturated rings. The van der Waals surface area contributed by atoms with Crippen molar-refractivity contribution in [1.29, 1.82) is 0 Å². The molecule has 0 radical (unpaired) electrons. The molecular formula is C15H13BrClFN2. The number of hydrogen-bond donors (Lipinski definition) is 1. The largest absolute Gasteiger partial charge is 0.381 e. The minimum atomic E-state index is -0.162. The molecule has 0 bridgehead atoms.